The Morgan fingerprint density at radius 1 is 1.00 bits per heavy atom. The van der Waals surface area contributed by atoms with Crippen molar-refractivity contribution in [1.82, 2.24) is 10.2 Å². The van der Waals surface area contributed by atoms with Crippen molar-refractivity contribution in [2.75, 3.05) is 39.5 Å². The van der Waals surface area contributed by atoms with Crippen molar-refractivity contribution < 1.29 is 22.8 Å². The number of likely N-dealkylation sites (tertiary alicyclic amines) is 1. The largest absolute Gasteiger partial charge is 0.355 e. The lowest BCUT2D eigenvalue weighted by atomic mass is 9.84. The first kappa shape index (κ1) is 24.8. The van der Waals surface area contributed by atoms with Crippen LogP contribution in [0.4, 0.5) is 0 Å². The third-order valence-electron chi connectivity index (χ3n) is 5.86. The van der Waals surface area contributed by atoms with Gasteiger partial charge < -0.3 is 16.0 Å². The van der Waals surface area contributed by atoms with E-state index in [1.807, 2.05) is 0 Å². The number of sulfone groups is 1. The number of ketones is 2. The van der Waals surface area contributed by atoms with Crippen LogP contribution in [0.1, 0.15) is 44.7 Å². The molecule has 2 aliphatic rings. The van der Waals surface area contributed by atoms with E-state index in [1.165, 1.54) is 18.2 Å². The fourth-order valence-corrected chi connectivity index (χ4v) is 4.57. The second-order valence-corrected chi connectivity index (χ2v) is 10.4. The molecule has 1 fully saturated rings. The van der Waals surface area contributed by atoms with E-state index in [1.54, 1.807) is 24.3 Å². The molecule has 0 saturated carbocycles. The minimum Gasteiger partial charge on any atom is -0.355 e. The molecule has 0 atom stereocenters. The second-order valence-electron chi connectivity index (χ2n) is 8.34. The van der Waals surface area contributed by atoms with Crippen molar-refractivity contribution in [2.45, 2.75) is 17.7 Å². The van der Waals surface area contributed by atoms with Gasteiger partial charge in [-0.25, -0.2) is 8.42 Å². The number of piperidine rings is 1. The Morgan fingerprint density at radius 2 is 1.55 bits per heavy atom. The first-order chi connectivity index (χ1) is 15.6. The number of carbonyl (C=O) groups is 3. The SMILES string of the molecule is CN1CCC(C(=O)NCCN)CC1.CS(=O)(=O)c1ccc2c(c1)C(=O)c1ccccc1C2=O. The monoisotopic (exact) mass is 471 g/mol. The van der Waals surface area contributed by atoms with Crippen LogP contribution in [0, 0.1) is 5.92 Å². The van der Waals surface area contributed by atoms with Crippen LogP contribution in [0.5, 0.6) is 0 Å². The molecule has 1 amide bonds. The van der Waals surface area contributed by atoms with Crippen molar-refractivity contribution in [1.29, 1.82) is 0 Å². The molecule has 0 spiro atoms. The summed E-state index contributed by atoms with van der Waals surface area (Å²) in [5.41, 5.74) is 6.38. The number of benzene rings is 2. The molecule has 1 aliphatic carbocycles. The highest BCUT2D eigenvalue weighted by Crippen LogP contribution is 2.28. The van der Waals surface area contributed by atoms with E-state index in [4.69, 9.17) is 5.73 Å². The van der Waals surface area contributed by atoms with Crippen LogP contribution >= 0.6 is 0 Å². The second kappa shape index (κ2) is 10.4. The van der Waals surface area contributed by atoms with Gasteiger partial charge in [0, 0.05) is 47.5 Å². The zero-order chi connectivity index (χ0) is 24.2. The fourth-order valence-electron chi connectivity index (χ4n) is 3.92. The molecular weight excluding hydrogens is 442 g/mol. The van der Waals surface area contributed by atoms with Gasteiger partial charge in [-0.2, -0.15) is 0 Å². The fraction of sp³-hybridized carbons (Fsp3) is 0.375. The summed E-state index contributed by atoms with van der Waals surface area (Å²) in [6, 6.07) is 10.6. The van der Waals surface area contributed by atoms with E-state index in [0.717, 1.165) is 32.2 Å². The zero-order valence-electron chi connectivity index (χ0n) is 18.8. The first-order valence-electron chi connectivity index (χ1n) is 10.8. The highest BCUT2D eigenvalue weighted by molar-refractivity contribution is 7.90. The number of hydrogen-bond donors (Lipinski definition) is 2. The molecule has 176 valence electrons. The van der Waals surface area contributed by atoms with E-state index in [2.05, 4.69) is 17.3 Å². The van der Waals surface area contributed by atoms with Gasteiger partial charge in [-0.1, -0.05) is 24.3 Å². The highest BCUT2D eigenvalue weighted by atomic mass is 32.2. The maximum atomic E-state index is 12.4. The van der Waals surface area contributed by atoms with E-state index in [9.17, 15) is 22.8 Å². The normalized spacial score (nSPS) is 16.3. The number of amides is 1. The summed E-state index contributed by atoms with van der Waals surface area (Å²) in [6.45, 7) is 3.19. The highest BCUT2D eigenvalue weighted by Gasteiger charge is 2.30. The number of nitrogens with two attached hydrogens (primary N) is 1. The topological polar surface area (TPSA) is 127 Å². The van der Waals surface area contributed by atoms with Gasteiger partial charge in [-0.05, 0) is 51.2 Å². The van der Waals surface area contributed by atoms with Crippen LogP contribution in [0.25, 0.3) is 0 Å². The Hall–Kier alpha value is -2.88. The molecule has 2 aromatic rings. The van der Waals surface area contributed by atoms with Gasteiger partial charge in [0.1, 0.15) is 0 Å². The number of nitrogens with one attached hydrogen (secondary N) is 1. The predicted molar refractivity (Wildman–Crippen MR) is 125 cm³/mol. The molecule has 4 rings (SSSR count). The lowest BCUT2D eigenvalue weighted by Crippen LogP contribution is -2.40. The standard InChI is InChI=1S/C15H10O4S.C9H19N3O/c1-20(18,19)9-6-7-12-13(8-9)15(17)11-5-3-2-4-10(11)14(12)16;1-12-6-2-8(3-7-12)9(13)11-5-4-10/h2-8H,1H3;8H,2-7,10H2,1H3,(H,11,13). The summed E-state index contributed by atoms with van der Waals surface area (Å²) in [6.07, 6.45) is 3.03. The molecule has 1 saturated heterocycles. The molecule has 9 heteroatoms. The molecule has 0 radical (unpaired) electrons. The molecule has 2 aromatic carbocycles. The van der Waals surface area contributed by atoms with Crippen molar-refractivity contribution in [3.63, 3.8) is 0 Å². The zero-order valence-corrected chi connectivity index (χ0v) is 19.7. The summed E-state index contributed by atoms with van der Waals surface area (Å²) in [5.74, 6) is -0.183. The molecule has 1 aliphatic heterocycles. The third-order valence-corrected chi connectivity index (χ3v) is 6.97. The Kier molecular flexibility index (Phi) is 7.78. The van der Waals surface area contributed by atoms with Gasteiger partial charge in [0.05, 0.1) is 4.90 Å². The molecule has 1 heterocycles. The Bertz CT molecular complexity index is 1170. The summed E-state index contributed by atoms with van der Waals surface area (Å²) < 4.78 is 23.1. The van der Waals surface area contributed by atoms with Crippen molar-refractivity contribution >= 4 is 27.3 Å². The maximum absolute atomic E-state index is 12.4. The number of carbonyl (C=O) groups excluding carboxylic acids is 3. The van der Waals surface area contributed by atoms with Crippen molar-refractivity contribution in [3.05, 3.63) is 64.7 Å². The Morgan fingerprint density at radius 3 is 2.09 bits per heavy atom. The van der Waals surface area contributed by atoms with Gasteiger partial charge in [0.25, 0.3) is 0 Å². The number of nitrogens with zero attached hydrogens (tertiary/aromatic N) is 1. The Labute approximate surface area is 194 Å². The van der Waals surface area contributed by atoms with Crippen LogP contribution in [0.2, 0.25) is 0 Å². The minimum absolute atomic E-state index is 0.0387. The lowest BCUT2D eigenvalue weighted by molar-refractivity contribution is -0.126. The number of hydrogen-bond acceptors (Lipinski definition) is 7. The van der Waals surface area contributed by atoms with E-state index in [0.29, 0.717) is 24.2 Å². The van der Waals surface area contributed by atoms with E-state index in [-0.39, 0.29) is 39.4 Å². The summed E-state index contributed by atoms with van der Waals surface area (Å²) in [5, 5.41) is 2.83. The van der Waals surface area contributed by atoms with Crippen LogP contribution < -0.4 is 11.1 Å². The average molecular weight is 472 g/mol. The number of rotatable bonds is 4. The molecule has 0 bridgehead atoms. The van der Waals surface area contributed by atoms with Gasteiger partial charge in [-0.15, -0.1) is 0 Å². The molecular formula is C24H29N3O5S. The van der Waals surface area contributed by atoms with Crippen molar-refractivity contribution in [3.8, 4) is 0 Å². The van der Waals surface area contributed by atoms with Crippen LogP contribution in [0.3, 0.4) is 0 Å². The van der Waals surface area contributed by atoms with E-state index >= 15 is 0 Å². The van der Waals surface area contributed by atoms with Crippen LogP contribution in [-0.4, -0.2) is 70.3 Å². The van der Waals surface area contributed by atoms with Gasteiger partial charge >= 0.3 is 0 Å². The van der Waals surface area contributed by atoms with Gasteiger partial charge in [-0.3, -0.25) is 14.4 Å². The minimum atomic E-state index is -3.42. The summed E-state index contributed by atoms with van der Waals surface area (Å²) in [7, 11) is -1.33. The molecule has 0 unspecified atom stereocenters. The summed E-state index contributed by atoms with van der Waals surface area (Å²) >= 11 is 0. The van der Waals surface area contributed by atoms with Crippen LogP contribution in [0.15, 0.2) is 47.4 Å². The van der Waals surface area contributed by atoms with Gasteiger partial charge in [0.15, 0.2) is 21.4 Å². The quantitative estimate of drug-likeness (QED) is 0.587. The van der Waals surface area contributed by atoms with E-state index < -0.39 is 9.84 Å². The Balaban J connectivity index is 0.000000205. The van der Waals surface area contributed by atoms with Gasteiger partial charge in [0.2, 0.25) is 5.91 Å². The number of fused-ring (bicyclic) bond motifs is 2. The predicted octanol–water partition coefficient (Wildman–Crippen LogP) is 1.27. The lowest BCUT2D eigenvalue weighted by Gasteiger charge is -2.27. The van der Waals surface area contributed by atoms with Crippen LogP contribution in [-0.2, 0) is 14.6 Å². The van der Waals surface area contributed by atoms with Crippen molar-refractivity contribution in [2.24, 2.45) is 11.7 Å². The molecule has 0 aromatic heterocycles. The average Bonchev–Trinajstić information content (AvgIpc) is 2.81. The molecule has 33 heavy (non-hydrogen) atoms. The maximum Gasteiger partial charge on any atom is 0.223 e. The smallest absolute Gasteiger partial charge is 0.223 e. The summed E-state index contributed by atoms with van der Waals surface area (Å²) in [4.78, 5) is 38.5. The third kappa shape index (κ3) is 5.73. The molecule has 8 nitrogen and oxygen atoms in total. The first-order valence-corrected chi connectivity index (χ1v) is 12.7. The molecule has 3 N–H and O–H groups in total.